The molecule has 2 N–H and O–H groups in total. The molecule has 0 aliphatic carbocycles. The fourth-order valence-electron chi connectivity index (χ4n) is 2.18. The monoisotopic (exact) mass is 270 g/mol. The molecule has 0 saturated carbocycles. The standard InChI is InChI=1S/C15H14N2O3/c1-19-12-8-7-9(13(18)14(12)20-2)15-16-10-5-3-4-6-11(10)17-15/h3-8,18H,1-2H3,(H,16,17). The number of benzene rings is 2. The average Bonchev–Trinajstić information content (AvgIpc) is 2.90. The molecule has 0 atom stereocenters. The van der Waals surface area contributed by atoms with Crippen molar-refractivity contribution in [2.24, 2.45) is 0 Å². The zero-order valence-electron chi connectivity index (χ0n) is 11.2. The van der Waals surface area contributed by atoms with Crippen LogP contribution in [0.2, 0.25) is 0 Å². The van der Waals surface area contributed by atoms with Gasteiger partial charge in [0.25, 0.3) is 0 Å². The maximum absolute atomic E-state index is 10.3. The Morgan fingerprint density at radius 3 is 2.55 bits per heavy atom. The molecule has 3 rings (SSSR count). The first-order chi connectivity index (χ1) is 9.74. The first kappa shape index (κ1) is 12.3. The third-order valence-electron chi connectivity index (χ3n) is 3.16. The van der Waals surface area contributed by atoms with E-state index < -0.39 is 0 Å². The van der Waals surface area contributed by atoms with Gasteiger partial charge in [-0.05, 0) is 24.3 Å². The van der Waals surface area contributed by atoms with Gasteiger partial charge in [-0.2, -0.15) is 0 Å². The van der Waals surface area contributed by atoms with Gasteiger partial charge >= 0.3 is 0 Å². The topological polar surface area (TPSA) is 67.4 Å². The molecular formula is C15H14N2O3. The molecule has 0 aliphatic heterocycles. The largest absolute Gasteiger partial charge is 0.504 e. The van der Waals surface area contributed by atoms with Gasteiger partial charge in [0.2, 0.25) is 5.75 Å². The van der Waals surface area contributed by atoms with Crippen LogP contribution in [0, 0.1) is 0 Å². The minimum absolute atomic E-state index is 0.00547. The van der Waals surface area contributed by atoms with Crippen LogP contribution in [0.15, 0.2) is 36.4 Å². The maximum atomic E-state index is 10.3. The lowest BCUT2D eigenvalue weighted by Crippen LogP contribution is -1.92. The maximum Gasteiger partial charge on any atom is 0.203 e. The second-order valence-corrected chi connectivity index (χ2v) is 4.30. The molecule has 2 aromatic carbocycles. The van der Waals surface area contributed by atoms with Crippen LogP contribution in [0.4, 0.5) is 0 Å². The predicted molar refractivity (Wildman–Crippen MR) is 76.3 cm³/mol. The lowest BCUT2D eigenvalue weighted by Gasteiger charge is -2.11. The summed E-state index contributed by atoms with van der Waals surface area (Å²) in [5, 5.41) is 10.3. The Kier molecular flexibility index (Phi) is 2.95. The van der Waals surface area contributed by atoms with Gasteiger partial charge in [0.15, 0.2) is 11.5 Å². The van der Waals surface area contributed by atoms with Gasteiger partial charge in [-0.3, -0.25) is 0 Å². The number of methoxy groups -OCH3 is 2. The molecule has 1 aromatic heterocycles. The van der Waals surface area contributed by atoms with Crippen LogP contribution in [0.25, 0.3) is 22.4 Å². The van der Waals surface area contributed by atoms with Crippen LogP contribution in [0.3, 0.4) is 0 Å². The van der Waals surface area contributed by atoms with E-state index in [0.717, 1.165) is 11.0 Å². The molecule has 3 aromatic rings. The summed E-state index contributed by atoms with van der Waals surface area (Å²) >= 11 is 0. The second-order valence-electron chi connectivity index (χ2n) is 4.30. The third kappa shape index (κ3) is 1.84. The highest BCUT2D eigenvalue weighted by Crippen LogP contribution is 2.42. The Bertz CT molecular complexity index is 732. The number of phenolic OH excluding ortho intramolecular Hbond substituents is 1. The zero-order chi connectivity index (χ0) is 14.1. The Labute approximate surface area is 115 Å². The number of H-pyrrole nitrogens is 1. The van der Waals surface area contributed by atoms with Crippen molar-refractivity contribution < 1.29 is 14.6 Å². The van der Waals surface area contributed by atoms with E-state index >= 15 is 0 Å². The lowest BCUT2D eigenvalue weighted by molar-refractivity contribution is 0.333. The summed E-state index contributed by atoms with van der Waals surface area (Å²) in [5.74, 6) is 1.37. The molecule has 0 saturated heterocycles. The van der Waals surface area contributed by atoms with Gasteiger partial charge in [0, 0.05) is 0 Å². The van der Waals surface area contributed by atoms with Crippen molar-refractivity contribution >= 4 is 11.0 Å². The van der Waals surface area contributed by atoms with E-state index in [2.05, 4.69) is 9.97 Å². The number of phenols is 1. The van der Waals surface area contributed by atoms with Gasteiger partial charge in [0.05, 0.1) is 30.8 Å². The number of rotatable bonds is 3. The van der Waals surface area contributed by atoms with Gasteiger partial charge in [-0.25, -0.2) is 4.98 Å². The van der Waals surface area contributed by atoms with Crippen molar-refractivity contribution in [2.75, 3.05) is 14.2 Å². The van der Waals surface area contributed by atoms with E-state index in [1.165, 1.54) is 14.2 Å². The zero-order valence-corrected chi connectivity index (χ0v) is 11.2. The van der Waals surface area contributed by atoms with Crippen molar-refractivity contribution in [3.63, 3.8) is 0 Å². The highest BCUT2D eigenvalue weighted by atomic mass is 16.5. The van der Waals surface area contributed by atoms with Crippen molar-refractivity contribution in [2.45, 2.75) is 0 Å². The first-order valence-corrected chi connectivity index (χ1v) is 6.13. The normalized spacial score (nSPS) is 10.7. The van der Waals surface area contributed by atoms with E-state index in [-0.39, 0.29) is 5.75 Å². The highest BCUT2D eigenvalue weighted by molar-refractivity contribution is 5.81. The first-order valence-electron chi connectivity index (χ1n) is 6.13. The van der Waals surface area contributed by atoms with Crippen molar-refractivity contribution in [1.29, 1.82) is 0 Å². The molecule has 1 heterocycles. The van der Waals surface area contributed by atoms with E-state index in [9.17, 15) is 5.11 Å². The molecule has 0 amide bonds. The van der Waals surface area contributed by atoms with Gasteiger partial charge < -0.3 is 19.6 Å². The number of aromatic hydroxyl groups is 1. The number of hydrogen-bond donors (Lipinski definition) is 2. The number of nitrogens with zero attached hydrogens (tertiary/aromatic N) is 1. The summed E-state index contributed by atoms with van der Waals surface area (Å²) in [6.07, 6.45) is 0. The number of para-hydroxylation sites is 2. The van der Waals surface area contributed by atoms with Crippen LogP contribution in [0.1, 0.15) is 0 Å². The number of aromatic amines is 1. The number of imidazole rings is 1. The fraction of sp³-hybridized carbons (Fsp3) is 0.133. The van der Waals surface area contributed by atoms with Gasteiger partial charge in [0.1, 0.15) is 5.82 Å². The number of aromatic nitrogens is 2. The minimum Gasteiger partial charge on any atom is -0.504 e. The summed E-state index contributed by atoms with van der Waals surface area (Å²) in [4.78, 5) is 7.64. The predicted octanol–water partition coefficient (Wildman–Crippen LogP) is 2.95. The summed E-state index contributed by atoms with van der Waals surface area (Å²) in [5.41, 5.74) is 2.33. The molecule has 5 nitrogen and oxygen atoms in total. The average molecular weight is 270 g/mol. The van der Waals surface area contributed by atoms with Crippen LogP contribution in [-0.4, -0.2) is 29.3 Å². The Morgan fingerprint density at radius 1 is 1.05 bits per heavy atom. The molecule has 0 aliphatic rings. The van der Waals surface area contributed by atoms with Gasteiger partial charge in [-0.15, -0.1) is 0 Å². The summed E-state index contributed by atoms with van der Waals surface area (Å²) in [7, 11) is 3.01. The molecule has 0 radical (unpaired) electrons. The summed E-state index contributed by atoms with van der Waals surface area (Å²) in [6.45, 7) is 0. The fourth-order valence-corrected chi connectivity index (χ4v) is 2.18. The summed E-state index contributed by atoms with van der Waals surface area (Å²) in [6, 6.07) is 11.2. The van der Waals surface area contributed by atoms with E-state index in [1.807, 2.05) is 24.3 Å². The van der Waals surface area contributed by atoms with E-state index in [0.29, 0.717) is 22.9 Å². The Morgan fingerprint density at radius 2 is 1.85 bits per heavy atom. The van der Waals surface area contributed by atoms with E-state index in [1.54, 1.807) is 12.1 Å². The van der Waals surface area contributed by atoms with Crippen LogP contribution < -0.4 is 9.47 Å². The number of hydrogen-bond acceptors (Lipinski definition) is 4. The SMILES string of the molecule is COc1ccc(-c2nc3ccccc3[nH]2)c(O)c1OC. The Hall–Kier alpha value is -2.69. The highest BCUT2D eigenvalue weighted by Gasteiger charge is 2.17. The van der Waals surface area contributed by atoms with Crippen LogP contribution in [-0.2, 0) is 0 Å². The second kappa shape index (κ2) is 4.77. The molecule has 0 spiro atoms. The molecule has 0 unspecified atom stereocenters. The molecule has 0 fully saturated rings. The quantitative estimate of drug-likeness (QED) is 0.767. The third-order valence-corrected chi connectivity index (χ3v) is 3.16. The molecule has 5 heteroatoms. The number of nitrogens with one attached hydrogen (secondary N) is 1. The Balaban J connectivity index is 2.18. The van der Waals surface area contributed by atoms with Crippen molar-refractivity contribution in [3.8, 4) is 28.6 Å². The van der Waals surface area contributed by atoms with Crippen LogP contribution >= 0.6 is 0 Å². The smallest absolute Gasteiger partial charge is 0.203 e. The molecule has 0 bridgehead atoms. The number of fused-ring (bicyclic) bond motifs is 1. The van der Waals surface area contributed by atoms with Crippen molar-refractivity contribution in [3.05, 3.63) is 36.4 Å². The lowest BCUT2D eigenvalue weighted by atomic mass is 10.1. The number of ether oxygens (including phenoxy) is 2. The molecule has 102 valence electrons. The van der Waals surface area contributed by atoms with E-state index in [4.69, 9.17) is 9.47 Å². The summed E-state index contributed by atoms with van der Waals surface area (Å²) < 4.78 is 10.3. The van der Waals surface area contributed by atoms with Gasteiger partial charge in [-0.1, -0.05) is 12.1 Å². The van der Waals surface area contributed by atoms with Crippen LogP contribution in [0.5, 0.6) is 17.2 Å². The molecular weight excluding hydrogens is 256 g/mol. The molecule has 20 heavy (non-hydrogen) atoms. The minimum atomic E-state index is 0.00547. The van der Waals surface area contributed by atoms with Crippen molar-refractivity contribution in [1.82, 2.24) is 9.97 Å².